The van der Waals surface area contributed by atoms with E-state index in [-0.39, 0.29) is 0 Å². The first-order valence-electron chi connectivity index (χ1n) is 13.9. The number of anilines is 2. The van der Waals surface area contributed by atoms with Crippen LogP contribution in [0.25, 0.3) is 21.8 Å². The first-order valence-corrected chi connectivity index (χ1v) is 13.9. The maximum absolute atomic E-state index is 4.91. The van der Waals surface area contributed by atoms with Crippen LogP contribution >= 0.6 is 0 Å². The van der Waals surface area contributed by atoms with Crippen molar-refractivity contribution in [2.45, 2.75) is 45.7 Å². The van der Waals surface area contributed by atoms with Crippen LogP contribution in [0.4, 0.5) is 11.8 Å². The Hall–Kier alpha value is -3.16. The van der Waals surface area contributed by atoms with Crippen molar-refractivity contribution < 1.29 is 0 Å². The highest BCUT2D eigenvalue weighted by molar-refractivity contribution is 5.90. The Balaban J connectivity index is 1.21. The summed E-state index contributed by atoms with van der Waals surface area (Å²) in [4.78, 5) is 14.7. The van der Waals surface area contributed by atoms with Crippen LogP contribution in [0.15, 0.2) is 54.7 Å². The molecule has 4 aromatic rings. The molecule has 7 heteroatoms. The summed E-state index contributed by atoms with van der Waals surface area (Å²) >= 11 is 0. The van der Waals surface area contributed by atoms with E-state index in [1.165, 1.54) is 16.5 Å². The molecule has 0 radical (unpaired) electrons. The number of hydrogen-bond acceptors (Lipinski definition) is 6. The molecule has 0 amide bonds. The number of fused-ring (bicyclic) bond motifs is 2. The molecule has 5 rings (SSSR count). The van der Waals surface area contributed by atoms with E-state index in [2.05, 4.69) is 101 Å². The van der Waals surface area contributed by atoms with Gasteiger partial charge in [0.15, 0.2) is 0 Å². The van der Waals surface area contributed by atoms with Crippen LogP contribution in [0.2, 0.25) is 0 Å². The minimum atomic E-state index is 0.413. The number of benzene rings is 2. The summed E-state index contributed by atoms with van der Waals surface area (Å²) in [5.74, 6) is 1.66. The van der Waals surface area contributed by atoms with Crippen LogP contribution in [0, 0.1) is 0 Å². The summed E-state index contributed by atoms with van der Waals surface area (Å²) < 4.78 is 2.24. The Morgan fingerprint density at radius 3 is 2.59 bits per heavy atom. The number of likely N-dealkylation sites (tertiary alicyclic amines) is 1. The first-order chi connectivity index (χ1) is 18.1. The van der Waals surface area contributed by atoms with E-state index in [4.69, 9.17) is 9.97 Å². The van der Waals surface area contributed by atoms with Gasteiger partial charge in [-0.25, -0.2) is 4.98 Å². The summed E-state index contributed by atoms with van der Waals surface area (Å²) in [5, 5.41) is 9.67. The third-order valence-electron chi connectivity index (χ3n) is 7.74. The Labute approximate surface area is 220 Å². The molecule has 1 fully saturated rings. The standard InChI is InChI=1S/C30H41N7/c1-4-36(5-2)18-9-17-31-30-33-27-13-7-6-12-26(27)29(34-30)32-25-15-20-37(21-16-25)22-24-11-8-10-23-14-19-35(3)28(23)24/h6-8,10-14,19,25H,4-5,9,15-18,20-22H2,1-3H3,(H2,31,32,33,34). The van der Waals surface area contributed by atoms with Crippen molar-refractivity contribution in [1.29, 1.82) is 0 Å². The first kappa shape index (κ1) is 25.5. The van der Waals surface area contributed by atoms with E-state index in [1.807, 2.05) is 0 Å². The second-order valence-electron chi connectivity index (χ2n) is 10.2. The van der Waals surface area contributed by atoms with Crippen LogP contribution < -0.4 is 10.6 Å². The van der Waals surface area contributed by atoms with Gasteiger partial charge in [-0.1, -0.05) is 44.2 Å². The van der Waals surface area contributed by atoms with Gasteiger partial charge in [-0.2, -0.15) is 4.98 Å². The molecule has 1 aliphatic heterocycles. The van der Waals surface area contributed by atoms with Gasteiger partial charge in [0.25, 0.3) is 0 Å². The number of rotatable bonds is 11. The van der Waals surface area contributed by atoms with Gasteiger partial charge in [0, 0.05) is 50.9 Å². The molecule has 0 spiro atoms. The summed E-state index contributed by atoms with van der Waals surface area (Å²) in [7, 11) is 2.14. The SMILES string of the molecule is CCN(CC)CCCNc1nc(NC2CCN(Cc3cccc4ccn(C)c34)CC2)c2ccccc2n1. The Morgan fingerprint density at radius 1 is 0.973 bits per heavy atom. The fraction of sp³-hybridized carbons (Fsp3) is 0.467. The zero-order valence-corrected chi connectivity index (χ0v) is 22.6. The smallest absolute Gasteiger partial charge is 0.225 e. The fourth-order valence-electron chi connectivity index (χ4n) is 5.55. The van der Waals surface area contributed by atoms with Gasteiger partial charge in [0.05, 0.1) is 11.0 Å². The predicted octanol–water partition coefficient (Wildman–Crippen LogP) is 5.34. The van der Waals surface area contributed by atoms with Crippen LogP contribution in [0.5, 0.6) is 0 Å². The number of aryl methyl sites for hydroxylation is 1. The number of piperidine rings is 1. The average Bonchev–Trinajstić information content (AvgIpc) is 3.31. The van der Waals surface area contributed by atoms with E-state index < -0.39 is 0 Å². The van der Waals surface area contributed by atoms with Gasteiger partial charge in [-0.05, 0) is 68.0 Å². The molecule has 0 unspecified atom stereocenters. The summed E-state index contributed by atoms with van der Waals surface area (Å²) in [6, 6.07) is 17.6. The molecule has 7 nitrogen and oxygen atoms in total. The summed E-state index contributed by atoms with van der Waals surface area (Å²) in [5.41, 5.74) is 3.75. The highest BCUT2D eigenvalue weighted by atomic mass is 15.2. The lowest BCUT2D eigenvalue weighted by Gasteiger charge is -2.33. The van der Waals surface area contributed by atoms with Gasteiger partial charge >= 0.3 is 0 Å². The van der Waals surface area contributed by atoms with Gasteiger partial charge in [0.1, 0.15) is 5.82 Å². The third kappa shape index (κ3) is 6.05. The second-order valence-corrected chi connectivity index (χ2v) is 10.2. The summed E-state index contributed by atoms with van der Waals surface area (Å²) in [6.45, 7) is 11.8. The molecule has 2 N–H and O–H groups in total. The normalized spacial score (nSPS) is 15.1. The van der Waals surface area contributed by atoms with Crippen LogP contribution in [0.3, 0.4) is 0 Å². The summed E-state index contributed by atoms with van der Waals surface area (Å²) in [6.07, 6.45) is 5.45. The van der Waals surface area contributed by atoms with Crippen LogP contribution in [0.1, 0.15) is 38.7 Å². The van der Waals surface area contributed by atoms with Crippen molar-refractivity contribution in [3.63, 3.8) is 0 Å². The van der Waals surface area contributed by atoms with E-state index >= 15 is 0 Å². The average molecular weight is 500 g/mol. The Morgan fingerprint density at radius 2 is 1.78 bits per heavy atom. The molecule has 0 atom stereocenters. The van der Waals surface area contributed by atoms with Gasteiger partial charge < -0.3 is 20.1 Å². The van der Waals surface area contributed by atoms with Gasteiger partial charge in [-0.3, -0.25) is 4.90 Å². The Kier molecular flexibility index (Phi) is 8.21. The molecular formula is C30H41N7. The lowest BCUT2D eigenvalue weighted by atomic mass is 10.0. The van der Waals surface area contributed by atoms with Crippen LogP contribution in [-0.2, 0) is 13.6 Å². The fourth-order valence-corrected chi connectivity index (χ4v) is 5.55. The monoisotopic (exact) mass is 499 g/mol. The highest BCUT2D eigenvalue weighted by Gasteiger charge is 2.21. The van der Waals surface area contributed by atoms with Gasteiger partial charge in [0.2, 0.25) is 5.95 Å². The molecular weight excluding hydrogens is 458 g/mol. The molecule has 37 heavy (non-hydrogen) atoms. The van der Waals surface area contributed by atoms with E-state index in [1.54, 1.807) is 0 Å². The zero-order valence-electron chi connectivity index (χ0n) is 22.6. The molecule has 0 bridgehead atoms. The lowest BCUT2D eigenvalue weighted by molar-refractivity contribution is 0.211. The van der Waals surface area contributed by atoms with Crippen molar-refractivity contribution in [2.75, 3.05) is 49.9 Å². The highest BCUT2D eigenvalue weighted by Crippen LogP contribution is 2.26. The second kappa shape index (κ2) is 11.9. The van der Waals surface area contributed by atoms with Gasteiger partial charge in [-0.15, -0.1) is 0 Å². The number of nitrogens with zero attached hydrogens (tertiary/aromatic N) is 5. The predicted molar refractivity (Wildman–Crippen MR) is 155 cm³/mol. The topological polar surface area (TPSA) is 61.2 Å². The molecule has 0 saturated carbocycles. The van der Waals surface area contributed by atoms with Crippen molar-refractivity contribution in [3.05, 3.63) is 60.3 Å². The van der Waals surface area contributed by atoms with Crippen molar-refractivity contribution >= 4 is 33.6 Å². The molecule has 2 aromatic heterocycles. The molecule has 0 aliphatic carbocycles. The van der Waals surface area contributed by atoms with E-state index in [0.717, 1.165) is 81.8 Å². The van der Waals surface area contributed by atoms with Crippen molar-refractivity contribution in [2.24, 2.45) is 7.05 Å². The number of para-hydroxylation sites is 2. The maximum Gasteiger partial charge on any atom is 0.225 e. The largest absolute Gasteiger partial charge is 0.367 e. The minimum Gasteiger partial charge on any atom is -0.367 e. The Bertz CT molecular complexity index is 1300. The quantitative estimate of drug-likeness (QED) is 0.272. The third-order valence-corrected chi connectivity index (χ3v) is 7.74. The zero-order chi connectivity index (χ0) is 25.6. The number of aromatic nitrogens is 3. The van der Waals surface area contributed by atoms with E-state index in [0.29, 0.717) is 12.0 Å². The molecule has 1 aliphatic rings. The van der Waals surface area contributed by atoms with Crippen molar-refractivity contribution in [3.8, 4) is 0 Å². The molecule has 2 aromatic carbocycles. The maximum atomic E-state index is 4.91. The molecule has 1 saturated heterocycles. The molecule has 3 heterocycles. The number of hydrogen-bond donors (Lipinski definition) is 2. The lowest BCUT2D eigenvalue weighted by Crippen LogP contribution is -2.39. The van der Waals surface area contributed by atoms with E-state index in [9.17, 15) is 0 Å². The minimum absolute atomic E-state index is 0.413. The molecule has 196 valence electrons. The number of nitrogens with one attached hydrogen (secondary N) is 2. The van der Waals surface area contributed by atoms with Crippen molar-refractivity contribution in [1.82, 2.24) is 24.3 Å². The van der Waals surface area contributed by atoms with Crippen LogP contribution in [-0.4, -0.2) is 69.6 Å².